The van der Waals surface area contributed by atoms with Crippen LogP contribution in [0.3, 0.4) is 0 Å². The molecule has 0 aliphatic carbocycles. The molecule has 1 aromatic carbocycles. The van der Waals surface area contributed by atoms with E-state index in [0.29, 0.717) is 6.42 Å². The van der Waals surface area contributed by atoms with E-state index in [1.54, 1.807) is 12.1 Å². The van der Waals surface area contributed by atoms with Crippen LogP contribution in [0.2, 0.25) is 13.1 Å². The highest BCUT2D eigenvalue weighted by molar-refractivity contribution is 7.86. The molecule has 0 saturated heterocycles. The van der Waals surface area contributed by atoms with Crippen molar-refractivity contribution >= 4 is 24.1 Å². The normalized spacial score (nSPS) is 11.8. The molecule has 3 nitrogen and oxygen atoms in total. The van der Waals surface area contributed by atoms with Crippen LogP contribution >= 0.6 is 0 Å². The fourth-order valence-corrected chi connectivity index (χ4v) is 5.72. The maximum Gasteiger partial charge on any atom is 0.294 e. The highest BCUT2D eigenvalue weighted by atomic mass is 32.2. The Kier molecular flexibility index (Phi) is 4.90. The molecule has 1 rings (SSSR count). The molecule has 0 unspecified atom stereocenters. The molecule has 18 heavy (non-hydrogen) atoms. The van der Waals surface area contributed by atoms with E-state index in [4.69, 9.17) is 0 Å². The van der Waals surface area contributed by atoms with E-state index in [-0.39, 0.29) is 4.90 Å². The average molecular weight is 284 g/mol. The van der Waals surface area contributed by atoms with Crippen LogP contribution in [-0.4, -0.2) is 21.8 Å². The Morgan fingerprint density at radius 2 is 2.00 bits per heavy atom. The van der Waals surface area contributed by atoms with Crippen molar-refractivity contribution in [2.45, 2.75) is 37.8 Å². The first-order valence-electron chi connectivity index (χ1n) is 6.05. The lowest BCUT2D eigenvalue weighted by molar-refractivity contribution is 0.483. The molecule has 0 amide bonds. The molecule has 0 atom stereocenters. The molecule has 0 aliphatic rings. The van der Waals surface area contributed by atoms with Gasteiger partial charge in [-0.3, -0.25) is 4.55 Å². The van der Waals surface area contributed by atoms with Crippen molar-refractivity contribution < 1.29 is 13.0 Å². The van der Waals surface area contributed by atoms with Crippen molar-refractivity contribution in [1.82, 2.24) is 0 Å². The maximum atomic E-state index is 11.5. The number of rotatable bonds is 5. The van der Waals surface area contributed by atoms with Crippen LogP contribution in [0.4, 0.5) is 0 Å². The first-order valence-corrected chi connectivity index (χ1v) is 10.4. The van der Waals surface area contributed by atoms with Crippen molar-refractivity contribution in [2.24, 2.45) is 0 Å². The molecule has 5 heteroatoms. The molecule has 0 spiro atoms. The molecule has 0 aromatic heterocycles. The van der Waals surface area contributed by atoms with Crippen molar-refractivity contribution in [3.63, 3.8) is 0 Å². The van der Waals surface area contributed by atoms with Gasteiger partial charge in [0.05, 0.1) is 13.7 Å². The third-order valence-electron chi connectivity index (χ3n) is 3.00. The van der Waals surface area contributed by atoms with Crippen LogP contribution in [0.15, 0.2) is 29.7 Å². The van der Waals surface area contributed by atoms with Crippen LogP contribution in [-0.2, 0) is 23.0 Å². The average Bonchev–Trinajstić information content (AvgIpc) is 2.27. The van der Waals surface area contributed by atoms with E-state index in [0.717, 1.165) is 22.7 Å². The van der Waals surface area contributed by atoms with Gasteiger partial charge in [0.15, 0.2) is 0 Å². The summed E-state index contributed by atoms with van der Waals surface area (Å²) in [5.74, 6) is 0. The van der Waals surface area contributed by atoms with Crippen LogP contribution in [0.1, 0.15) is 18.1 Å². The van der Waals surface area contributed by atoms with Crippen molar-refractivity contribution in [3.8, 4) is 0 Å². The Labute approximate surface area is 111 Å². The zero-order valence-electron chi connectivity index (χ0n) is 11.1. The molecule has 0 bridgehead atoms. The van der Waals surface area contributed by atoms with Crippen molar-refractivity contribution in [2.75, 3.05) is 0 Å². The summed E-state index contributed by atoms with van der Waals surface area (Å²) < 4.78 is 32.3. The van der Waals surface area contributed by atoms with E-state index in [1.165, 1.54) is 6.07 Å². The summed E-state index contributed by atoms with van der Waals surface area (Å²) in [6.45, 7) is 9.90. The third kappa shape index (κ3) is 3.10. The lowest BCUT2D eigenvalue weighted by Crippen LogP contribution is -2.33. The quantitative estimate of drug-likeness (QED) is 0.510. The number of aryl methyl sites for hydroxylation is 1. The molecule has 0 fully saturated rings. The zero-order chi connectivity index (χ0) is 13.9. The molecule has 1 N–H and O–H groups in total. The third-order valence-corrected chi connectivity index (χ3v) is 5.93. The maximum absolute atomic E-state index is 11.5. The van der Waals surface area contributed by atoms with Gasteiger partial charge in [-0.15, -0.1) is 6.58 Å². The standard InChI is InChI=1S/C13H20O3SSi/c1-5-7-11-10(6-2)8-9-12(17(14,15)16)13(11)18(3)4/h5,8-9,18H,1,6-7H2,2-4H3,(H,14,15,16). The Morgan fingerprint density at radius 3 is 2.39 bits per heavy atom. The summed E-state index contributed by atoms with van der Waals surface area (Å²) in [4.78, 5) is 0.0817. The number of allylic oxidation sites excluding steroid dienone is 1. The SMILES string of the molecule is C=CCc1c(CC)ccc(S(=O)(=O)O)c1[SiH](C)C. The minimum atomic E-state index is -4.14. The zero-order valence-corrected chi connectivity index (χ0v) is 13.1. The van der Waals surface area contributed by atoms with Crippen molar-refractivity contribution in [3.05, 3.63) is 35.9 Å². The largest absolute Gasteiger partial charge is 0.294 e. The first kappa shape index (κ1) is 15.1. The highest BCUT2D eigenvalue weighted by Gasteiger charge is 2.22. The minimum absolute atomic E-state index is 0.0817. The number of benzene rings is 1. The summed E-state index contributed by atoms with van der Waals surface area (Å²) in [6.07, 6.45) is 3.28. The van der Waals surface area contributed by atoms with Crippen LogP contribution in [0, 0.1) is 0 Å². The van der Waals surface area contributed by atoms with Crippen LogP contribution in [0.25, 0.3) is 0 Å². The molecule has 100 valence electrons. The van der Waals surface area contributed by atoms with Gasteiger partial charge in [-0.2, -0.15) is 8.42 Å². The predicted octanol–water partition coefficient (Wildman–Crippen LogP) is 1.92. The summed E-state index contributed by atoms with van der Waals surface area (Å²) >= 11 is 0. The van der Waals surface area contributed by atoms with Gasteiger partial charge in [0.1, 0.15) is 0 Å². The Hall–Kier alpha value is -0.913. The van der Waals surface area contributed by atoms with E-state index in [9.17, 15) is 13.0 Å². The molecule has 0 saturated carbocycles. The van der Waals surface area contributed by atoms with Gasteiger partial charge in [-0.05, 0) is 35.2 Å². The summed E-state index contributed by atoms with van der Waals surface area (Å²) in [5.41, 5.74) is 2.17. The molecule has 1 aromatic rings. The fraction of sp³-hybridized carbons (Fsp3) is 0.385. The number of hydrogen-bond acceptors (Lipinski definition) is 2. The lowest BCUT2D eigenvalue weighted by Gasteiger charge is -2.18. The second kappa shape index (κ2) is 5.82. The topological polar surface area (TPSA) is 54.4 Å². The first-order chi connectivity index (χ1) is 8.32. The smallest absolute Gasteiger partial charge is 0.282 e. The van der Waals surface area contributed by atoms with Crippen molar-refractivity contribution in [1.29, 1.82) is 0 Å². The highest BCUT2D eigenvalue weighted by Crippen LogP contribution is 2.17. The van der Waals surface area contributed by atoms with Gasteiger partial charge >= 0.3 is 0 Å². The monoisotopic (exact) mass is 284 g/mol. The second-order valence-electron chi connectivity index (χ2n) is 4.59. The van der Waals surface area contributed by atoms with E-state index in [1.807, 2.05) is 6.92 Å². The molecule has 0 radical (unpaired) electrons. The summed E-state index contributed by atoms with van der Waals surface area (Å²) in [5, 5.41) is 0.844. The van der Waals surface area contributed by atoms with Gasteiger partial charge in [0.2, 0.25) is 0 Å². The van der Waals surface area contributed by atoms with Gasteiger partial charge in [-0.25, -0.2) is 0 Å². The van der Waals surface area contributed by atoms with E-state index in [2.05, 4.69) is 19.7 Å². The Morgan fingerprint density at radius 1 is 1.39 bits per heavy atom. The molecule has 0 aliphatic heterocycles. The second-order valence-corrected chi connectivity index (χ2v) is 8.87. The van der Waals surface area contributed by atoms with E-state index < -0.39 is 18.9 Å². The Bertz CT molecular complexity index is 548. The summed E-state index contributed by atoms with van der Waals surface area (Å²) in [6, 6.07) is 3.32. The lowest BCUT2D eigenvalue weighted by atomic mass is 10.0. The number of hydrogen-bond donors (Lipinski definition) is 1. The van der Waals surface area contributed by atoms with Gasteiger partial charge < -0.3 is 0 Å². The molecule has 0 heterocycles. The predicted molar refractivity (Wildman–Crippen MR) is 78.0 cm³/mol. The van der Waals surface area contributed by atoms with Gasteiger partial charge in [0, 0.05) is 0 Å². The Balaban J connectivity index is 3.67. The van der Waals surface area contributed by atoms with Crippen LogP contribution < -0.4 is 5.19 Å². The minimum Gasteiger partial charge on any atom is -0.282 e. The molecular weight excluding hydrogens is 264 g/mol. The summed E-state index contributed by atoms with van der Waals surface area (Å²) in [7, 11) is -5.51. The van der Waals surface area contributed by atoms with Gasteiger partial charge in [-0.1, -0.05) is 32.2 Å². The van der Waals surface area contributed by atoms with Crippen LogP contribution in [0.5, 0.6) is 0 Å². The van der Waals surface area contributed by atoms with Gasteiger partial charge in [0.25, 0.3) is 10.1 Å². The van der Waals surface area contributed by atoms with E-state index >= 15 is 0 Å². The fourth-order valence-electron chi connectivity index (χ4n) is 2.26. The molecular formula is C13H20O3SSi.